The molecule has 2 aromatic rings. The summed E-state index contributed by atoms with van der Waals surface area (Å²) in [5.41, 5.74) is -0.709. The van der Waals surface area contributed by atoms with Crippen molar-refractivity contribution in [1.29, 1.82) is 0 Å². The average molecular weight is 1160 g/mol. The molecule has 4 heterocycles. The SMILES string of the molecule is COC(=O)C[C@@H](Cn1cc(CO[C@H]2O[C@H](COC(C)=O)[C@@H](OC(C)=O)[C@H](OC(C)=O)[C@@H]2OC(C)=O)nn1)NC(=O)C[C@@H](Cn1cc(CO[C@H]2O[C@H](COC(C)=O)[C@@H](OC(C)=O)[C@H](OC(C)=O)[C@@H]2OC(C)=O)nn1)NC(=O)OC(C)(C)C. The van der Waals surface area contributed by atoms with Crippen LogP contribution >= 0.6 is 0 Å². The summed E-state index contributed by atoms with van der Waals surface area (Å²) in [4.78, 5) is 137. The predicted octanol–water partition coefficient (Wildman–Crippen LogP) is -0.899. The maximum Gasteiger partial charge on any atom is 0.407 e. The van der Waals surface area contributed by atoms with Crippen molar-refractivity contribution in [3.05, 3.63) is 23.8 Å². The highest BCUT2D eigenvalue weighted by Gasteiger charge is 2.54. The fourth-order valence-electron chi connectivity index (χ4n) is 8.01. The zero-order chi connectivity index (χ0) is 60.3. The van der Waals surface area contributed by atoms with Crippen molar-refractivity contribution in [2.75, 3.05) is 20.3 Å². The third-order valence-electron chi connectivity index (χ3n) is 10.8. The van der Waals surface area contributed by atoms with Gasteiger partial charge in [0.05, 0.1) is 64.3 Å². The van der Waals surface area contributed by atoms with Crippen molar-refractivity contribution < 1.29 is 119 Å². The Hall–Kier alpha value is -7.91. The van der Waals surface area contributed by atoms with Crippen LogP contribution in [0.25, 0.3) is 0 Å². The van der Waals surface area contributed by atoms with E-state index in [2.05, 4.69) is 31.3 Å². The molecule has 2 saturated heterocycles. The number of methoxy groups -OCH3 is 1. The molecule has 0 aromatic carbocycles. The molecule has 33 heteroatoms. The molecule has 0 spiro atoms. The van der Waals surface area contributed by atoms with E-state index in [0.717, 1.165) is 62.5 Å². The van der Waals surface area contributed by atoms with Crippen LogP contribution in [0, 0.1) is 0 Å². The smallest absolute Gasteiger partial charge is 0.407 e. The lowest BCUT2D eigenvalue weighted by Crippen LogP contribution is -2.62. The van der Waals surface area contributed by atoms with E-state index in [0.29, 0.717) is 0 Å². The van der Waals surface area contributed by atoms with Gasteiger partial charge in [0.15, 0.2) is 49.2 Å². The molecular weight excluding hydrogens is 1090 g/mol. The first-order valence-electron chi connectivity index (χ1n) is 25.0. The molecule has 2 fully saturated rings. The van der Waals surface area contributed by atoms with Gasteiger partial charge in [-0.25, -0.2) is 4.79 Å². The van der Waals surface area contributed by atoms with E-state index in [1.54, 1.807) is 20.8 Å². The minimum absolute atomic E-state index is 0.122. The van der Waals surface area contributed by atoms with Crippen LogP contribution in [0.4, 0.5) is 4.79 Å². The van der Waals surface area contributed by atoms with Gasteiger partial charge in [0, 0.05) is 61.8 Å². The molecule has 2 aliphatic heterocycles. The first kappa shape index (κ1) is 65.6. The third-order valence-corrected chi connectivity index (χ3v) is 10.8. The summed E-state index contributed by atoms with van der Waals surface area (Å²) in [5, 5.41) is 21.7. The largest absolute Gasteiger partial charge is 0.469 e. The second-order valence-corrected chi connectivity index (χ2v) is 19.2. The lowest BCUT2D eigenvalue weighted by molar-refractivity contribution is -0.310. The fourth-order valence-corrected chi connectivity index (χ4v) is 8.01. The molecule has 12 atom stereocenters. The van der Waals surface area contributed by atoms with E-state index in [1.807, 2.05) is 0 Å². The van der Waals surface area contributed by atoms with E-state index in [-0.39, 0.29) is 30.9 Å². The van der Waals surface area contributed by atoms with Gasteiger partial charge in [-0.05, 0) is 20.8 Å². The van der Waals surface area contributed by atoms with Crippen LogP contribution in [-0.4, -0.2) is 195 Å². The van der Waals surface area contributed by atoms with Gasteiger partial charge in [0.1, 0.15) is 42.4 Å². The first-order chi connectivity index (χ1) is 38.0. The number of nitrogens with one attached hydrogen (secondary N) is 2. The number of carbonyl (C=O) groups is 11. The lowest BCUT2D eigenvalue weighted by Gasteiger charge is -2.43. The average Bonchev–Trinajstić information content (AvgIpc) is 3.99. The number of amides is 2. The summed E-state index contributed by atoms with van der Waals surface area (Å²) in [5.74, 6) is -7.91. The van der Waals surface area contributed by atoms with Crippen molar-refractivity contribution in [3.8, 4) is 0 Å². The number of carbonyl (C=O) groups excluding carboxylic acids is 11. The fraction of sp³-hybridized carbons (Fsp3) is 0.688. The maximum atomic E-state index is 13.9. The molecular formula is C48H68N8O25. The van der Waals surface area contributed by atoms with Gasteiger partial charge in [-0.1, -0.05) is 10.4 Å². The Morgan fingerprint density at radius 1 is 0.531 bits per heavy atom. The van der Waals surface area contributed by atoms with Crippen LogP contribution in [0.3, 0.4) is 0 Å². The molecule has 0 unspecified atom stereocenters. The van der Waals surface area contributed by atoms with Crippen molar-refractivity contribution in [3.63, 3.8) is 0 Å². The van der Waals surface area contributed by atoms with Gasteiger partial charge in [0.2, 0.25) is 5.91 Å². The zero-order valence-electron chi connectivity index (χ0n) is 46.6. The van der Waals surface area contributed by atoms with E-state index < -0.39 is 178 Å². The van der Waals surface area contributed by atoms with Gasteiger partial charge in [-0.2, -0.15) is 0 Å². The Balaban J connectivity index is 1.52. The molecule has 0 bridgehead atoms. The number of esters is 9. The topological polar surface area (TPSA) is 402 Å². The highest BCUT2D eigenvalue weighted by atomic mass is 16.7. The third kappa shape index (κ3) is 22.6. The highest BCUT2D eigenvalue weighted by Crippen LogP contribution is 2.32. The number of hydrogen-bond acceptors (Lipinski definition) is 29. The summed E-state index contributed by atoms with van der Waals surface area (Å²) < 4.78 is 79.5. The summed E-state index contributed by atoms with van der Waals surface area (Å²) in [6, 6.07) is -2.09. The lowest BCUT2D eigenvalue weighted by atomic mass is 9.98. The number of rotatable bonds is 26. The van der Waals surface area contributed by atoms with Crippen LogP contribution < -0.4 is 10.6 Å². The number of ether oxygens (including phenoxy) is 14. The van der Waals surface area contributed by atoms with Crippen LogP contribution in [0.15, 0.2) is 12.4 Å². The van der Waals surface area contributed by atoms with Crippen LogP contribution in [0.2, 0.25) is 0 Å². The normalized spacial score (nSPS) is 23.2. The van der Waals surface area contributed by atoms with Gasteiger partial charge < -0.3 is 76.9 Å². The molecule has 0 saturated carbocycles. The predicted molar refractivity (Wildman–Crippen MR) is 260 cm³/mol. The Labute approximate surface area is 463 Å². The molecule has 2 amide bonds. The molecule has 33 nitrogen and oxygen atoms in total. The summed E-state index contributed by atoms with van der Waals surface area (Å²) in [7, 11) is 1.14. The van der Waals surface area contributed by atoms with Crippen LogP contribution in [0.1, 0.15) is 100 Å². The molecule has 0 aliphatic carbocycles. The maximum absolute atomic E-state index is 13.9. The van der Waals surface area contributed by atoms with Crippen molar-refractivity contribution in [2.45, 2.75) is 194 Å². The van der Waals surface area contributed by atoms with Gasteiger partial charge in [-0.15, -0.1) is 10.2 Å². The van der Waals surface area contributed by atoms with Crippen molar-refractivity contribution >= 4 is 65.7 Å². The minimum atomic E-state index is -1.55. The number of alkyl carbamates (subject to hydrolysis) is 1. The van der Waals surface area contributed by atoms with Crippen molar-refractivity contribution in [1.82, 2.24) is 40.6 Å². The van der Waals surface area contributed by atoms with Gasteiger partial charge >= 0.3 is 59.8 Å². The summed E-state index contributed by atoms with van der Waals surface area (Å²) in [6.07, 6.45) is -13.5. The molecule has 2 N–H and O–H groups in total. The Bertz CT molecular complexity index is 2550. The number of hydrogen-bond donors (Lipinski definition) is 2. The van der Waals surface area contributed by atoms with E-state index >= 15 is 0 Å². The number of aromatic nitrogens is 6. The molecule has 0 radical (unpaired) electrons. The quantitative estimate of drug-likeness (QED) is 0.0851. The van der Waals surface area contributed by atoms with E-state index in [9.17, 15) is 52.7 Å². The monoisotopic (exact) mass is 1160 g/mol. The van der Waals surface area contributed by atoms with E-state index in [1.165, 1.54) is 21.8 Å². The van der Waals surface area contributed by atoms with Crippen LogP contribution in [0.5, 0.6) is 0 Å². The Morgan fingerprint density at radius 3 is 1.26 bits per heavy atom. The second-order valence-electron chi connectivity index (χ2n) is 19.2. The highest BCUT2D eigenvalue weighted by molar-refractivity contribution is 5.79. The molecule has 2 aromatic heterocycles. The van der Waals surface area contributed by atoms with Crippen molar-refractivity contribution in [2.24, 2.45) is 0 Å². The van der Waals surface area contributed by atoms with Gasteiger partial charge in [-0.3, -0.25) is 57.3 Å². The Kier molecular flexibility index (Phi) is 24.8. The van der Waals surface area contributed by atoms with Crippen LogP contribution in [-0.2, 0) is 141 Å². The summed E-state index contributed by atoms with van der Waals surface area (Å²) >= 11 is 0. The Morgan fingerprint density at radius 2 is 0.901 bits per heavy atom. The molecule has 81 heavy (non-hydrogen) atoms. The standard InChI is InChI=1S/C48H68N8O25/c1-23(57)69-21-35-39(73-25(3)59)41(75-27(5)61)43(77-29(7)63)45(79-35)71-19-33-17-55(53-51-33)15-31(50-47(67)81-48(9,10)11)13-37(65)49-32(14-38(66)68-12)16-56-18-34(52-54-56)20-72-46-44(78-30(8)64)42(76-28(6)62)40(74-26(4)60)36(80-46)22-70-24(2)58/h17-18,31-32,35-36,39-46H,13-16,19-22H2,1-12H3,(H,49,65)(H,50,67)/t31-,32-,35+,36+,39+,40+,41-,42-,43-,44-,45-,46-/m0/s1. The molecule has 4 rings (SSSR count). The second kappa shape index (κ2) is 30.6. The molecule has 2 aliphatic rings. The minimum Gasteiger partial charge on any atom is -0.469 e. The summed E-state index contributed by atoms with van der Waals surface area (Å²) in [6.45, 7) is 11.3. The zero-order valence-corrected chi connectivity index (χ0v) is 46.6. The first-order valence-corrected chi connectivity index (χ1v) is 25.0. The van der Waals surface area contributed by atoms with E-state index in [4.69, 9.17) is 66.3 Å². The number of nitrogens with zero attached hydrogens (tertiary/aromatic N) is 6. The molecule has 450 valence electrons. The van der Waals surface area contributed by atoms with Gasteiger partial charge in [0.25, 0.3) is 0 Å².